The first-order valence-corrected chi connectivity index (χ1v) is 5.98. The summed E-state index contributed by atoms with van der Waals surface area (Å²) in [7, 11) is 0. The number of nitrogens with two attached hydrogens (primary N) is 1. The highest BCUT2D eigenvalue weighted by molar-refractivity contribution is 5.46. The number of halogens is 1. The van der Waals surface area contributed by atoms with Gasteiger partial charge in [-0.25, -0.2) is 4.39 Å². The molecule has 96 valence electrons. The van der Waals surface area contributed by atoms with Gasteiger partial charge in [-0.1, -0.05) is 6.92 Å². The molecule has 0 saturated heterocycles. The molecule has 0 heterocycles. The Labute approximate surface area is 102 Å². The first-order valence-electron chi connectivity index (χ1n) is 5.98. The predicted octanol–water partition coefficient (Wildman–Crippen LogP) is 1.61. The molecule has 1 unspecified atom stereocenters. The van der Waals surface area contributed by atoms with E-state index in [9.17, 15) is 4.39 Å². The molecule has 0 saturated carbocycles. The molecule has 0 spiro atoms. The van der Waals surface area contributed by atoms with Crippen molar-refractivity contribution in [3.8, 4) is 0 Å². The van der Waals surface area contributed by atoms with Gasteiger partial charge in [-0.15, -0.1) is 0 Å². The van der Waals surface area contributed by atoms with E-state index in [-0.39, 0.29) is 18.3 Å². The van der Waals surface area contributed by atoms with Crippen molar-refractivity contribution < 1.29 is 9.50 Å². The number of hydrogen-bond acceptors (Lipinski definition) is 3. The molecule has 0 bridgehead atoms. The average Bonchev–Trinajstić information content (AvgIpc) is 2.35. The van der Waals surface area contributed by atoms with Crippen molar-refractivity contribution in [3.05, 3.63) is 30.1 Å². The Balaban J connectivity index is 2.70. The molecule has 0 aromatic heterocycles. The van der Waals surface area contributed by atoms with Gasteiger partial charge in [-0.05, 0) is 43.1 Å². The van der Waals surface area contributed by atoms with Crippen LogP contribution >= 0.6 is 0 Å². The van der Waals surface area contributed by atoms with Crippen LogP contribution in [-0.2, 0) is 0 Å². The summed E-state index contributed by atoms with van der Waals surface area (Å²) in [6.07, 6.45) is 0.884. The second-order valence-corrected chi connectivity index (χ2v) is 4.35. The molecular formula is C13H21FN2O. The zero-order valence-corrected chi connectivity index (χ0v) is 10.3. The average molecular weight is 240 g/mol. The zero-order valence-electron chi connectivity index (χ0n) is 10.3. The Kier molecular flexibility index (Phi) is 5.94. The third kappa shape index (κ3) is 4.71. The van der Waals surface area contributed by atoms with Crippen molar-refractivity contribution in [2.75, 3.05) is 31.1 Å². The van der Waals surface area contributed by atoms with E-state index in [2.05, 4.69) is 4.90 Å². The topological polar surface area (TPSA) is 49.5 Å². The maximum Gasteiger partial charge on any atom is 0.123 e. The van der Waals surface area contributed by atoms with Gasteiger partial charge in [0.1, 0.15) is 5.82 Å². The van der Waals surface area contributed by atoms with E-state index in [1.165, 1.54) is 12.1 Å². The Bertz CT molecular complexity index is 316. The monoisotopic (exact) mass is 240 g/mol. The molecule has 3 N–H and O–H groups in total. The fourth-order valence-corrected chi connectivity index (χ4v) is 1.69. The van der Waals surface area contributed by atoms with E-state index in [1.807, 2.05) is 6.92 Å². The third-order valence-electron chi connectivity index (χ3n) is 2.67. The van der Waals surface area contributed by atoms with Crippen LogP contribution in [0.15, 0.2) is 24.3 Å². The minimum absolute atomic E-state index is 0.153. The summed E-state index contributed by atoms with van der Waals surface area (Å²) in [5, 5.41) is 9.09. The van der Waals surface area contributed by atoms with Gasteiger partial charge in [0.15, 0.2) is 0 Å². The van der Waals surface area contributed by atoms with E-state index < -0.39 is 0 Å². The van der Waals surface area contributed by atoms with E-state index in [1.54, 1.807) is 12.1 Å². The summed E-state index contributed by atoms with van der Waals surface area (Å²) in [6, 6.07) is 6.43. The molecule has 1 aromatic rings. The van der Waals surface area contributed by atoms with Crippen LogP contribution < -0.4 is 10.6 Å². The number of hydrogen-bond donors (Lipinski definition) is 2. The van der Waals surface area contributed by atoms with Crippen molar-refractivity contribution in [1.29, 1.82) is 0 Å². The van der Waals surface area contributed by atoms with Crippen LogP contribution in [0, 0.1) is 11.7 Å². The second kappa shape index (κ2) is 7.25. The molecule has 17 heavy (non-hydrogen) atoms. The summed E-state index contributed by atoms with van der Waals surface area (Å²) in [6.45, 7) is 4.35. The largest absolute Gasteiger partial charge is 0.396 e. The molecular weight excluding hydrogens is 219 g/mol. The predicted molar refractivity (Wildman–Crippen MR) is 68.5 cm³/mol. The minimum atomic E-state index is -0.234. The summed E-state index contributed by atoms with van der Waals surface area (Å²) in [5.74, 6) is -0.0411. The lowest BCUT2D eigenvalue weighted by atomic mass is 10.1. The molecule has 0 amide bonds. The maximum atomic E-state index is 12.9. The number of anilines is 1. The minimum Gasteiger partial charge on any atom is -0.396 e. The van der Waals surface area contributed by atoms with Gasteiger partial charge in [0, 0.05) is 25.4 Å². The summed E-state index contributed by atoms with van der Waals surface area (Å²) in [4.78, 5) is 2.13. The van der Waals surface area contributed by atoms with Crippen LogP contribution in [0.25, 0.3) is 0 Å². The normalized spacial score (nSPS) is 12.5. The molecule has 0 radical (unpaired) electrons. The molecule has 1 aromatic carbocycles. The SMILES string of the molecule is CC(CO)CN(CCCN)c1ccc(F)cc1. The van der Waals surface area contributed by atoms with Gasteiger partial charge < -0.3 is 15.7 Å². The van der Waals surface area contributed by atoms with Crippen molar-refractivity contribution in [2.24, 2.45) is 11.7 Å². The lowest BCUT2D eigenvalue weighted by Gasteiger charge is -2.27. The summed E-state index contributed by atoms with van der Waals surface area (Å²) < 4.78 is 12.9. The van der Waals surface area contributed by atoms with Crippen LogP contribution in [-0.4, -0.2) is 31.3 Å². The highest BCUT2D eigenvalue weighted by Gasteiger charge is 2.10. The maximum absolute atomic E-state index is 12.9. The zero-order chi connectivity index (χ0) is 12.7. The molecule has 1 atom stereocenters. The Morgan fingerprint density at radius 1 is 1.35 bits per heavy atom. The van der Waals surface area contributed by atoms with Gasteiger partial charge in [-0.3, -0.25) is 0 Å². The lowest BCUT2D eigenvalue weighted by Crippen LogP contribution is -2.31. The third-order valence-corrected chi connectivity index (χ3v) is 2.67. The van der Waals surface area contributed by atoms with Crippen LogP contribution in [0.5, 0.6) is 0 Å². The molecule has 4 heteroatoms. The van der Waals surface area contributed by atoms with E-state index >= 15 is 0 Å². The van der Waals surface area contributed by atoms with E-state index in [0.717, 1.165) is 25.2 Å². The van der Waals surface area contributed by atoms with Crippen molar-refractivity contribution in [2.45, 2.75) is 13.3 Å². The number of benzene rings is 1. The quantitative estimate of drug-likeness (QED) is 0.761. The van der Waals surface area contributed by atoms with Crippen LogP contribution in [0.2, 0.25) is 0 Å². The number of nitrogens with zero attached hydrogens (tertiary/aromatic N) is 1. The lowest BCUT2D eigenvalue weighted by molar-refractivity contribution is 0.239. The fourth-order valence-electron chi connectivity index (χ4n) is 1.69. The Morgan fingerprint density at radius 3 is 2.53 bits per heavy atom. The van der Waals surface area contributed by atoms with Crippen molar-refractivity contribution in [1.82, 2.24) is 0 Å². The summed E-state index contributed by atoms with van der Waals surface area (Å²) >= 11 is 0. The highest BCUT2D eigenvalue weighted by atomic mass is 19.1. The van der Waals surface area contributed by atoms with Crippen LogP contribution in [0.4, 0.5) is 10.1 Å². The van der Waals surface area contributed by atoms with Crippen molar-refractivity contribution >= 4 is 5.69 Å². The smallest absolute Gasteiger partial charge is 0.123 e. The molecule has 0 aliphatic heterocycles. The molecule has 3 nitrogen and oxygen atoms in total. The summed E-state index contributed by atoms with van der Waals surface area (Å²) in [5.41, 5.74) is 6.48. The first kappa shape index (κ1) is 13.9. The molecule has 1 rings (SSSR count). The number of aliphatic hydroxyl groups excluding tert-OH is 1. The second-order valence-electron chi connectivity index (χ2n) is 4.35. The fraction of sp³-hybridized carbons (Fsp3) is 0.538. The number of rotatable bonds is 7. The highest BCUT2D eigenvalue weighted by Crippen LogP contribution is 2.16. The van der Waals surface area contributed by atoms with Gasteiger partial charge in [0.2, 0.25) is 0 Å². The van der Waals surface area contributed by atoms with E-state index in [4.69, 9.17) is 10.8 Å². The van der Waals surface area contributed by atoms with Gasteiger partial charge in [-0.2, -0.15) is 0 Å². The molecule has 0 fully saturated rings. The van der Waals surface area contributed by atoms with E-state index in [0.29, 0.717) is 6.54 Å². The Hall–Kier alpha value is -1.13. The van der Waals surface area contributed by atoms with Crippen LogP contribution in [0.1, 0.15) is 13.3 Å². The Morgan fingerprint density at radius 2 is 2.00 bits per heavy atom. The first-order chi connectivity index (χ1) is 8.17. The van der Waals surface area contributed by atoms with Gasteiger partial charge in [0.05, 0.1) is 0 Å². The van der Waals surface area contributed by atoms with Gasteiger partial charge >= 0.3 is 0 Å². The molecule has 0 aliphatic rings. The standard InChI is InChI=1S/C13H21FN2O/c1-11(10-17)9-16(8-2-7-15)13-5-3-12(14)4-6-13/h3-6,11,17H,2,7-10,15H2,1H3. The van der Waals surface area contributed by atoms with Crippen molar-refractivity contribution in [3.63, 3.8) is 0 Å². The molecule has 0 aliphatic carbocycles. The number of aliphatic hydroxyl groups is 1. The van der Waals surface area contributed by atoms with Crippen LogP contribution in [0.3, 0.4) is 0 Å². The van der Waals surface area contributed by atoms with Gasteiger partial charge in [0.25, 0.3) is 0 Å².